The quantitative estimate of drug-likeness (QED) is 0.771. The average molecular weight is 399 g/mol. The van der Waals surface area contributed by atoms with E-state index in [1.165, 1.54) is 21.1 Å². The summed E-state index contributed by atoms with van der Waals surface area (Å²) in [7, 11) is 3.01. The molecule has 1 N–H and O–H groups in total. The van der Waals surface area contributed by atoms with Crippen LogP contribution >= 0.6 is 0 Å². The van der Waals surface area contributed by atoms with Crippen LogP contribution in [0.1, 0.15) is 43.6 Å². The van der Waals surface area contributed by atoms with E-state index in [1.807, 2.05) is 24.3 Å². The van der Waals surface area contributed by atoms with Gasteiger partial charge >= 0.3 is 0 Å². The molecule has 0 saturated carbocycles. The molecule has 0 aliphatic carbocycles. The minimum absolute atomic E-state index is 0.0779. The smallest absolute Gasteiger partial charge is 0.258 e. The van der Waals surface area contributed by atoms with E-state index in [-0.39, 0.29) is 23.8 Å². The largest absolute Gasteiger partial charge is 0.496 e. The number of nitrogens with zero attached hydrogens (tertiary/aromatic N) is 1. The van der Waals surface area contributed by atoms with Crippen molar-refractivity contribution in [1.82, 2.24) is 5.32 Å². The highest BCUT2D eigenvalue weighted by Crippen LogP contribution is 2.32. The number of anilines is 1. The van der Waals surface area contributed by atoms with E-state index in [1.54, 1.807) is 23.1 Å². The third kappa shape index (κ3) is 5.28. The maximum atomic E-state index is 12.7. The molecular formula is C23H30N2O4. The molecule has 2 rings (SSSR count). The number of carbonyl (C=O) groups excluding carboxylic acids is 2. The second kappa shape index (κ2) is 9.45. The number of nitrogens with one attached hydrogen (secondary N) is 1. The van der Waals surface area contributed by atoms with Gasteiger partial charge in [0.05, 0.1) is 14.2 Å². The fourth-order valence-electron chi connectivity index (χ4n) is 3.24. The molecule has 0 saturated heterocycles. The fraction of sp³-hybridized carbons (Fsp3) is 0.391. The van der Waals surface area contributed by atoms with Crippen molar-refractivity contribution in [1.29, 1.82) is 0 Å². The molecule has 2 aromatic carbocycles. The molecule has 0 radical (unpaired) electrons. The van der Waals surface area contributed by atoms with Gasteiger partial charge in [-0.15, -0.1) is 0 Å². The van der Waals surface area contributed by atoms with Crippen molar-refractivity contribution in [2.24, 2.45) is 0 Å². The van der Waals surface area contributed by atoms with Crippen LogP contribution in [-0.4, -0.2) is 39.1 Å². The molecule has 0 spiro atoms. The Balaban J connectivity index is 2.19. The van der Waals surface area contributed by atoms with Crippen LogP contribution < -0.4 is 19.7 Å². The summed E-state index contributed by atoms with van der Waals surface area (Å²) in [6, 6.07) is 13.0. The first-order chi connectivity index (χ1) is 13.7. The second-order valence-corrected chi connectivity index (χ2v) is 7.73. The Labute approximate surface area is 172 Å². The molecule has 6 nitrogen and oxygen atoms in total. The van der Waals surface area contributed by atoms with E-state index in [4.69, 9.17) is 9.47 Å². The Bertz CT molecular complexity index is 849. The number of benzene rings is 2. The highest BCUT2D eigenvalue weighted by molar-refractivity contribution is 6.00. The summed E-state index contributed by atoms with van der Waals surface area (Å²) in [5.41, 5.74) is 2.16. The van der Waals surface area contributed by atoms with Crippen LogP contribution in [0, 0.1) is 0 Å². The Morgan fingerprint density at radius 1 is 0.966 bits per heavy atom. The minimum Gasteiger partial charge on any atom is -0.496 e. The van der Waals surface area contributed by atoms with Gasteiger partial charge in [0.2, 0.25) is 5.91 Å². The summed E-state index contributed by atoms with van der Waals surface area (Å²) in [6.07, 6.45) is 0. The van der Waals surface area contributed by atoms with Crippen LogP contribution in [0.25, 0.3) is 0 Å². The van der Waals surface area contributed by atoms with Crippen LogP contribution in [0.2, 0.25) is 0 Å². The zero-order valence-corrected chi connectivity index (χ0v) is 18.0. The van der Waals surface area contributed by atoms with E-state index in [2.05, 4.69) is 26.1 Å². The summed E-state index contributed by atoms with van der Waals surface area (Å²) in [4.78, 5) is 26.8. The number of ether oxygens (including phenoxy) is 2. The first kappa shape index (κ1) is 22.3. The standard InChI is InChI=1S/C23H30N2O4/c1-16(26)25(18-11-8-7-10-17(18)23(2,3)4)15-14-24-22(27)21-19(28-5)12-9-13-20(21)29-6/h7-13H,14-15H2,1-6H3,(H,24,27). The maximum Gasteiger partial charge on any atom is 0.258 e. The molecule has 2 amide bonds. The van der Waals surface area contributed by atoms with Crippen molar-refractivity contribution in [3.63, 3.8) is 0 Å². The van der Waals surface area contributed by atoms with Gasteiger partial charge in [-0.25, -0.2) is 0 Å². The highest BCUT2D eigenvalue weighted by atomic mass is 16.5. The highest BCUT2D eigenvalue weighted by Gasteiger charge is 2.23. The molecule has 0 aromatic heterocycles. The molecule has 0 heterocycles. The number of amides is 2. The number of para-hydroxylation sites is 1. The average Bonchev–Trinajstić information content (AvgIpc) is 2.69. The Morgan fingerprint density at radius 3 is 2.07 bits per heavy atom. The van der Waals surface area contributed by atoms with Crippen LogP contribution in [0.15, 0.2) is 42.5 Å². The normalized spacial score (nSPS) is 11.0. The van der Waals surface area contributed by atoms with E-state index in [0.717, 1.165) is 11.3 Å². The van der Waals surface area contributed by atoms with Gasteiger partial charge in [-0.3, -0.25) is 9.59 Å². The second-order valence-electron chi connectivity index (χ2n) is 7.73. The SMILES string of the molecule is COc1cccc(OC)c1C(=O)NCCN(C(C)=O)c1ccccc1C(C)(C)C. The van der Waals surface area contributed by atoms with Crippen molar-refractivity contribution in [3.8, 4) is 11.5 Å². The maximum absolute atomic E-state index is 12.7. The molecule has 29 heavy (non-hydrogen) atoms. The summed E-state index contributed by atoms with van der Waals surface area (Å²) in [5.74, 6) is 0.476. The Morgan fingerprint density at radius 2 is 1.55 bits per heavy atom. The van der Waals surface area contributed by atoms with Crippen molar-refractivity contribution in [2.45, 2.75) is 33.1 Å². The topological polar surface area (TPSA) is 67.9 Å². The molecule has 2 aromatic rings. The molecule has 156 valence electrons. The van der Waals surface area contributed by atoms with Gasteiger partial charge in [0, 0.05) is 25.7 Å². The van der Waals surface area contributed by atoms with Crippen LogP contribution in [-0.2, 0) is 10.2 Å². The van der Waals surface area contributed by atoms with E-state index < -0.39 is 0 Å². The number of hydrogen-bond acceptors (Lipinski definition) is 4. The van der Waals surface area contributed by atoms with Crippen LogP contribution in [0.3, 0.4) is 0 Å². The van der Waals surface area contributed by atoms with Crippen LogP contribution in [0.4, 0.5) is 5.69 Å². The summed E-state index contributed by atoms with van der Waals surface area (Å²) >= 11 is 0. The molecule has 0 bridgehead atoms. The zero-order valence-electron chi connectivity index (χ0n) is 18.0. The number of methoxy groups -OCH3 is 2. The monoisotopic (exact) mass is 398 g/mol. The molecule has 0 atom stereocenters. The Hall–Kier alpha value is -3.02. The van der Waals surface area contributed by atoms with Crippen LogP contribution in [0.5, 0.6) is 11.5 Å². The van der Waals surface area contributed by atoms with Gasteiger partial charge in [-0.2, -0.15) is 0 Å². The first-order valence-electron chi connectivity index (χ1n) is 9.57. The third-order valence-electron chi connectivity index (χ3n) is 4.66. The van der Waals surface area contributed by atoms with E-state index in [0.29, 0.717) is 23.6 Å². The molecule has 0 aliphatic heterocycles. The molecule has 0 unspecified atom stereocenters. The summed E-state index contributed by atoms with van der Waals surface area (Å²) < 4.78 is 10.6. The lowest BCUT2D eigenvalue weighted by Crippen LogP contribution is -2.38. The van der Waals surface area contributed by atoms with Crippen molar-refractivity contribution < 1.29 is 19.1 Å². The predicted molar refractivity (Wildman–Crippen MR) is 115 cm³/mol. The third-order valence-corrected chi connectivity index (χ3v) is 4.66. The van der Waals surface area contributed by atoms with Gasteiger partial charge in [0.1, 0.15) is 17.1 Å². The van der Waals surface area contributed by atoms with Crippen molar-refractivity contribution in [2.75, 3.05) is 32.2 Å². The van der Waals surface area contributed by atoms with Gasteiger partial charge in [-0.1, -0.05) is 45.0 Å². The first-order valence-corrected chi connectivity index (χ1v) is 9.57. The van der Waals surface area contributed by atoms with E-state index >= 15 is 0 Å². The van der Waals surface area contributed by atoms with E-state index in [9.17, 15) is 9.59 Å². The number of hydrogen-bond donors (Lipinski definition) is 1. The Kier molecular flexibility index (Phi) is 7.26. The summed E-state index contributed by atoms with van der Waals surface area (Å²) in [5, 5.41) is 2.87. The van der Waals surface area contributed by atoms with Gasteiger partial charge in [0.25, 0.3) is 5.91 Å². The lowest BCUT2D eigenvalue weighted by atomic mass is 9.85. The zero-order chi connectivity index (χ0) is 21.6. The predicted octanol–water partition coefficient (Wildman–Crippen LogP) is 3.78. The molecule has 0 fully saturated rings. The molecule has 6 heteroatoms. The molecular weight excluding hydrogens is 368 g/mol. The summed E-state index contributed by atoms with van der Waals surface area (Å²) in [6.45, 7) is 8.51. The lowest BCUT2D eigenvalue weighted by molar-refractivity contribution is -0.116. The lowest BCUT2D eigenvalue weighted by Gasteiger charge is -2.29. The van der Waals surface area contributed by atoms with Gasteiger partial charge in [-0.05, 0) is 29.2 Å². The number of carbonyl (C=O) groups is 2. The van der Waals surface area contributed by atoms with Gasteiger partial charge < -0.3 is 19.7 Å². The van der Waals surface area contributed by atoms with Gasteiger partial charge in [0.15, 0.2) is 0 Å². The van der Waals surface area contributed by atoms with Crippen molar-refractivity contribution >= 4 is 17.5 Å². The minimum atomic E-state index is -0.313. The number of rotatable bonds is 7. The molecule has 0 aliphatic rings. The van der Waals surface area contributed by atoms with Crippen molar-refractivity contribution in [3.05, 3.63) is 53.6 Å². The fourth-order valence-corrected chi connectivity index (χ4v) is 3.24.